The van der Waals surface area contributed by atoms with E-state index < -0.39 is 7.77 Å². The summed E-state index contributed by atoms with van der Waals surface area (Å²) in [5.41, 5.74) is 0.110. The van der Waals surface area contributed by atoms with Gasteiger partial charge in [-0.25, -0.2) is 0 Å². The van der Waals surface area contributed by atoms with Crippen LogP contribution in [0.3, 0.4) is 0 Å². The molecule has 0 spiro atoms. The van der Waals surface area contributed by atoms with Gasteiger partial charge in [0.1, 0.15) is 6.16 Å². The zero-order valence-electron chi connectivity index (χ0n) is 20.5. The average Bonchev–Trinajstić information content (AvgIpc) is 2.68. The van der Waals surface area contributed by atoms with Crippen LogP contribution < -0.4 is 4.89 Å². The van der Waals surface area contributed by atoms with Crippen LogP contribution in [-0.4, -0.2) is 62.1 Å². The van der Waals surface area contributed by atoms with Gasteiger partial charge in [-0.3, -0.25) is 0 Å². The summed E-state index contributed by atoms with van der Waals surface area (Å²) >= 11 is 0. The number of quaternary nitrogens is 1. The Labute approximate surface area is 188 Å². The van der Waals surface area contributed by atoms with Crippen molar-refractivity contribution in [3.8, 4) is 0 Å². The molecule has 0 saturated heterocycles. The predicted octanol–water partition coefficient (Wildman–Crippen LogP) is 6.01. The lowest BCUT2D eigenvalue weighted by atomic mass is 10.1. The molecule has 0 heterocycles. The molecule has 30 heavy (non-hydrogen) atoms. The summed E-state index contributed by atoms with van der Waals surface area (Å²) in [6.07, 6.45) is 23.5. The molecule has 0 fully saturated rings. The number of allylic oxidation sites excluding steroid dienone is 2. The Kier molecular flexibility index (Phi) is 20.5. The zero-order valence-corrected chi connectivity index (χ0v) is 21.4. The molecule has 1 N–H and O–H groups in total. The first-order chi connectivity index (χ1) is 14.4. The van der Waals surface area contributed by atoms with Crippen molar-refractivity contribution in [3.63, 3.8) is 0 Å². The SMILES string of the molecule is CCCCCCCCC=CCCCCCCCCOCC/[P+]([O-])=C(\O)C[N+](C)(C)C. The molecule has 0 bridgehead atoms. The van der Waals surface area contributed by atoms with E-state index in [2.05, 4.69) is 19.1 Å². The highest BCUT2D eigenvalue weighted by Crippen LogP contribution is 2.14. The fraction of sp³-hybridized carbons (Fsp3) is 0.880. The fourth-order valence-electron chi connectivity index (χ4n) is 3.33. The molecule has 5 heteroatoms. The van der Waals surface area contributed by atoms with Crippen molar-refractivity contribution in [2.75, 3.05) is 47.1 Å². The first kappa shape index (κ1) is 29.8. The predicted molar refractivity (Wildman–Crippen MR) is 132 cm³/mol. The Morgan fingerprint density at radius 3 is 1.83 bits per heavy atom. The lowest BCUT2D eigenvalue weighted by molar-refractivity contribution is -0.861. The van der Waals surface area contributed by atoms with Gasteiger partial charge >= 0.3 is 0 Å². The van der Waals surface area contributed by atoms with Crippen molar-refractivity contribution < 1.29 is 19.2 Å². The van der Waals surface area contributed by atoms with E-state index in [4.69, 9.17) is 4.74 Å². The van der Waals surface area contributed by atoms with Gasteiger partial charge in [0.15, 0.2) is 6.54 Å². The van der Waals surface area contributed by atoms with Crippen molar-refractivity contribution >= 4 is 13.3 Å². The van der Waals surface area contributed by atoms with Crippen LogP contribution in [0.25, 0.3) is 0 Å². The molecule has 0 aliphatic carbocycles. The minimum absolute atomic E-state index is 0.110. The van der Waals surface area contributed by atoms with Crippen LogP contribution >= 0.6 is 7.77 Å². The summed E-state index contributed by atoms with van der Waals surface area (Å²) < 4.78 is 6.17. The van der Waals surface area contributed by atoms with Crippen molar-refractivity contribution in [2.24, 2.45) is 0 Å². The number of unbranched alkanes of at least 4 members (excludes halogenated alkanes) is 12. The van der Waals surface area contributed by atoms with Gasteiger partial charge in [0.25, 0.3) is 5.48 Å². The van der Waals surface area contributed by atoms with E-state index in [1.165, 1.54) is 83.5 Å². The first-order valence-corrected chi connectivity index (χ1v) is 13.8. The molecule has 0 aliphatic heterocycles. The molecule has 1 atom stereocenters. The Bertz CT molecular complexity index is 444. The quantitative estimate of drug-likeness (QED) is 0.102. The number of rotatable bonds is 21. The normalized spacial score (nSPS) is 13.3. The number of hydrogen-bond acceptors (Lipinski definition) is 2. The second-order valence-electron chi connectivity index (χ2n) is 9.52. The topological polar surface area (TPSA) is 52.5 Å². The van der Waals surface area contributed by atoms with Gasteiger partial charge in [-0.05, 0) is 32.1 Å². The zero-order chi connectivity index (χ0) is 22.5. The van der Waals surface area contributed by atoms with Crippen LogP contribution in [0, 0.1) is 0 Å². The molecule has 0 aliphatic rings. The van der Waals surface area contributed by atoms with Crippen LogP contribution in [0.4, 0.5) is 0 Å². The number of aliphatic hydroxyl groups is 1. The molecule has 4 nitrogen and oxygen atoms in total. The molecular weight excluding hydrogens is 393 g/mol. The smallest absolute Gasteiger partial charge is 0.274 e. The van der Waals surface area contributed by atoms with Crippen molar-refractivity contribution in [1.29, 1.82) is 0 Å². The minimum Gasteiger partial charge on any atom is -0.628 e. The van der Waals surface area contributed by atoms with Crippen LogP contribution in [0.1, 0.15) is 96.8 Å². The number of nitrogens with zero attached hydrogens (tertiary/aromatic N) is 1. The maximum atomic E-state index is 12.0. The van der Waals surface area contributed by atoms with E-state index in [9.17, 15) is 10.00 Å². The minimum atomic E-state index is -1.68. The van der Waals surface area contributed by atoms with E-state index in [0.29, 0.717) is 23.8 Å². The Morgan fingerprint density at radius 2 is 1.30 bits per heavy atom. The second kappa shape index (κ2) is 20.6. The van der Waals surface area contributed by atoms with Gasteiger partial charge in [0.2, 0.25) is 0 Å². The van der Waals surface area contributed by atoms with Gasteiger partial charge in [0, 0.05) is 6.61 Å². The third-order valence-electron chi connectivity index (χ3n) is 5.14. The van der Waals surface area contributed by atoms with E-state index >= 15 is 0 Å². The molecule has 0 aromatic heterocycles. The summed E-state index contributed by atoms with van der Waals surface area (Å²) in [6.45, 7) is 3.92. The van der Waals surface area contributed by atoms with Crippen LogP contribution in [0.2, 0.25) is 0 Å². The summed E-state index contributed by atoms with van der Waals surface area (Å²) in [5.74, 6) is 0. The number of aliphatic hydroxyl groups excluding tert-OH is 1. The summed E-state index contributed by atoms with van der Waals surface area (Å²) in [5, 5.41) is 9.86. The third kappa shape index (κ3) is 22.4. The van der Waals surface area contributed by atoms with Gasteiger partial charge < -0.3 is 19.2 Å². The highest BCUT2D eigenvalue weighted by Gasteiger charge is 2.16. The monoisotopic (exact) mass is 444 g/mol. The third-order valence-corrected chi connectivity index (χ3v) is 6.45. The molecule has 0 amide bonds. The summed E-state index contributed by atoms with van der Waals surface area (Å²) in [6, 6.07) is 0. The van der Waals surface area contributed by atoms with Crippen LogP contribution in [0.15, 0.2) is 12.2 Å². The fourth-order valence-corrected chi connectivity index (χ4v) is 4.47. The highest BCUT2D eigenvalue weighted by molar-refractivity contribution is 7.51. The molecule has 0 saturated carbocycles. The van der Waals surface area contributed by atoms with Gasteiger partial charge in [-0.1, -0.05) is 76.9 Å². The maximum absolute atomic E-state index is 12.0. The Hall–Kier alpha value is -0.250. The van der Waals surface area contributed by atoms with E-state index in [1.807, 2.05) is 21.1 Å². The lowest BCUT2D eigenvalue weighted by Crippen LogP contribution is -2.39. The standard InChI is InChI=1S/C25H50NO3P/c1-5-6-7-8-9-10-11-12-13-14-15-16-17-18-19-20-21-29-22-23-30(28)25(27)24-26(2,3)4/h12-13H,5-11,14-24H2,1-4H3/p+1. The molecular formula is C25H51NO3P+. The lowest BCUT2D eigenvalue weighted by Gasteiger charge is -2.22. The molecule has 0 radical (unpaired) electrons. The van der Waals surface area contributed by atoms with Gasteiger partial charge in [0.05, 0.1) is 35.5 Å². The van der Waals surface area contributed by atoms with E-state index in [1.54, 1.807) is 0 Å². The second-order valence-corrected chi connectivity index (χ2v) is 11.2. The van der Waals surface area contributed by atoms with Gasteiger partial charge in [-0.15, -0.1) is 0 Å². The van der Waals surface area contributed by atoms with Gasteiger partial charge in [-0.2, -0.15) is 0 Å². The first-order valence-electron chi connectivity index (χ1n) is 12.4. The van der Waals surface area contributed by atoms with Crippen molar-refractivity contribution in [2.45, 2.75) is 96.8 Å². The molecule has 1 unspecified atom stereocenters. The molecule has 0 aromatic carbocycles. The largest absolute Gasteiger partial charge is 0.628 e. The van der Waals surface area contributed by atoms with E-state index in [-0.39, 0.29) is 5.48 Å². The highest BCUT2D eigenvalue weighted by atomic mass is 31.1. The summed E-state index contributed by atoms with van der Waals surface area (Å²) in [7, 11) is 4.25. The van der Waals surface area contributed by atoms with Crippen LogP contribution in [0.5, 0.6) is 0 Å². The number of ether oxygens (including phenoxy) is 1. The Morgan fingerprint density at radius 1 is 0.800 bits per heavy atom. The molecule has 178 valence electrons. The average molecular weight is 445 g/mol. The molecule has 0 aromatic rings. The summed E-state index contributed by atoms with van der Waals surface area (Å²) in [4.78, 5) is 12.0. The number of likely N-dealkylation sites (N-methyl/N-ethyl adjacent to an activating group) is 1. The van der Waals surface area contributed by atoms with Crippen molar-refractivity contribution in [1.82, 2.24) is 0 Å². The maximum Gasteiger partial charge on any atom is 0.274 e. The van der Waals surface area contributed by atoms with E-state index in [0.717, 1.165) is 13.0 Å². The Balaban J connectivity index is 3.35. The number of hydrogen-bond donors (Lipinski definition) is 1. The molecule has 0 rings (SSSR count). The van der Waals surface area contributed by atoms with Crippen molar-refractivity contribution in [3.05, 3.63) is 12.2 Å². The van der Waals surface area contributed by atoms with Crippen LogP contribution in [-0.2, 0) is 4.74 Å².